The third kappa shape index (κ3) is 13.1. The average molecular weight is 726 g/mol. The highest BCUT2D eigenvalue weighted by molar-refractivity contribution is 5.79. The fraction of sp³-hybridized carbons (Fsp3) is 0.395. The molecule has 0 saturated carbocycles. The quantitative estimate of drug-likeness (QED) is 0.108. The van der Waals surface area contributed by atoms with Gasteiger partial charge in [-0.05, 0) is 55.9 Å². The number of benzene rings is 4. The molecule has 4 aromatic rings. The summed E-state index contributed by atoms with van der Waals surface area (Å²) in [6, 6.07) is 38.2. The second-order valence-electron chi connectivity index (χ2n) is 14.1. The Morgan fingerprint density at radius 1 is 0.642 bits per heavy atom. The Bertz CT molecular complexity index is 1650. The molecular formula is C43H51NO9. The number of hydrogen-bond acceptors (Lipinski definition) is 8. The second kappa shape index (κ2) is 20.0. The van der Waals surface area contributed by atoms with Crippen molar-refractivity contribution in [3.63, 3.8) is 0 Å². The predicted molar refractivity (Wildman–Crippen MR) is 200 cm³/mol. The van der Waals surface area contributed by atoms with Gasteiger partial charge >= 0.3 is 12.1 Å². The molecule has 2 N–H and O–H groups in total. The fourth-order valence-corrected chi connectivity index (χ4v) is 6.16. The van der Waals surface area contributed by atoms with Crippen molar-refractivity contribution in [3.05, 3.63) is 144 Å². The summed E-state index contributed by atoms with van der Waals surface area (Å²) < 4.78 is 38.6. The maximum Gasteiger partial charge on any atom is 0.408 e. The van der Waals surface area contributed by atoms with Crippen LogP contribution in [0.3, 0.4) is 0 Å². The van der Waals surface area contributed by atoms with E-state index in [1.807, 2.05) is 121 Å². The SMILES string of the molecule is CC(C)(C)OC(=O)N[C@@H](CC[C@@H]1O[C@H](COCc2ccccc2)[C@H](OCc2ccccc2)[C@H](OCc2ccccc2)[C@H]1OCc1ccccc1)C(=O)O. The van der Waals surface area contributed by atoms with E-state index in [0.717, 1.165) is 22.3 Å². The molecule has 0 aromatic heterocycles. The van der Waals surface area contributed by atoms with Crippen LogP contribution in [-0.4, -0.2) is 65.9 Å². The van der Waals surface area contributed by atoms with E-state index in [-0.39, 0.29) is 32.7 Å². The lowest BCUT2D eigenvalue weighted by Gasteiger charge is -2.46. The van der Waals surface area contributed by atoms with E-state index in [1.165, 1.54) is 0 Å². The Balaban J connectivity index is 1.45. The summed E-state index contributed by atoms with van der Waals surface area (Å²) in [6.07, 6.45) is -3.75. The van der Waals surface area contributed by atoms with E-state index >= 15 is 0 Å². The number of hydrogen-bond donors (Lipinski definition) is 2. The number of carboxylic acid groups (broad SMARTS) is 1. The Labute approximate surface area is 312 Å². The van der Waals surface area contributed by atoms with Gasteiger partial charge < -0.3 is 38.8 Å². The van der Waals surface area contributed by atoms with Crippen LogP contribution in [0.1, 0.15) is 55.9 Å². The summed E-state index contributed by atoms with van der Waals surface area (Å²) in [5.41, 5.74) is 3.14. The van der Waals surface area contributed by atoms with Gasteiger partial charge in [-0.15, -0.1) is 0 Å². The van der Waals surface area contributed by atoms with Crippen LogP contribution in [0.5, 0.6) is 0 Å². The van der Waals surface area contributed by atoms with Crippen LogP contribution in [0.25, 0.3) is 0 Å². The number of carbonyl (C=O) groups is 2. The van der Waals surface area contributed by atoms with Gasteiger partial charge in [-0.2, -0.15) is 0 Å². The molecule has 1 saturated heterocycles. The first-order chi connectivity index (χ1) is 25.6. The molecular weight excluding hydrogens is 674 g/mol. The molecule has 1 aliphatic heterocycles. The Morgan fingerprint density at radius 3 is 1.49 bits per heavy atom. The highest BCUT2D eigenvalue weighted by Gasteiger charge is 2.48. The summed E-state index contributed by atoms with van der Waals surface area (Å²) in [4.78, 5) is 25.0. The lowest BCUT2D eigenvalue weighted by molar-refractivity contribution is -0.273. The molecule has 1 aliphatic rings. The van der Waals surface area contributed by atoms with Crippen molar-refractivity contribution in [1.82, 2.24) is 5.32 Å². The van der Waals surface area contributed by atoms with Crippen LogP contribution < -0.4 is 5.32 Å². The van der Waals surface area contributed by atoms with Gasteiger partial charge in [0.1, 0.15) is 36.1 Å². The molecule has 1 heterocycles. The number of rotatable bonds is 18. The molecule has 0 bridgehead atoms. The van der Waals surface area contributed by atoms with Gasteiger partial charge in [0.15, 0.2) is 0 Å². The van der Waals surface area contributed by atoms with E-state index in [1.54, 1.807) is 20.8 Å². The first kappa shape index (κ1) is 39.6. The molecule has 5 rings (SSSR count). The topological polar surface area (TPSA) is 122 Å². The van der Waals surface area contributed by atoms with Gasteiger partial charge in [0.2, 0.25) is 0 Å². The standard InChI is InChI=1S/C43H51NO9/c1-43(2,3)53-42(47)44-35(41(45)46)24-25-36-38(49-27-32-18-10-5-11-19-32)40(51-29-34-22-14-7-15-23-34)39(50-28-33-20-12-6-13-21-33)37(52-36)30-48-26-31-16-8-4-9-17-31/h4-23,35-40H,24-30H2,1-3H3,(H,44,47)(H,45,46)/t35-,36-,37+,38-,39-,40+/m0/s1. The molecule has 1 fully saturated rings. The Morgan fingerprint density at radius 2 is 1.06 bits per heavy atom. The smallest absolute Gasteiger partial charge is 0.408 e. The van der Waals surface area contributed by atoms with E-state index in [2.05, 4.69) is 5.32 Å². The summed E-state index contributed by atoms with van der Waals surface area (Å²) >= 11 is 0. The zero-order chi connectivity index (χ0) is 37.5. The van der Waals surface area contributed by atoms with E-state index in [4.69, 9.17) is 28.4 Å². The molecule has 10 heteroatoms. The van der Waals surface area contributed by atoms with Gasteiger partial charge in [-0.1, -0.05) is 121 Å². The van der Waals surface area contributed by atoms with Crippen molar-refractivity contribution in [2.75, 3.05) is 6.61 Å². The minimum Gasteiger partial charge on any atom is -0.480 e. The van der Waals surface area contributed by atoms with Gasteiger partial charge in [0, 0.05) is 0 Å². The maximum atomic E-state index is 12.6. The molecule has 6 atom stereocenters. The van der Waals surface area contributed by atoms with Gasteiger partial charge in [-0.3, -0.25) is 0 Å². The zero-order valence-electron chi connectivity index (χ0n) is 30.7. The monoisotopic (exact) mass is 725 g/mol. The fourth-order valence-electron chi connectivity index (χ4n) is 6.16. The molecule has 10 nitrogen and oxygen atoms in total. The zero-order valence-corrected chi connectivity index (χ0v) is 30.7. The first-order valence-electron chi connectivity index (χ1n) is 18.1. The summed E-state index contributed by atoms with van der Waals surface area (Å²) in [7, 11) is 0. The lowest BCUT2D eigenvalue weighted by atomic mass is 9.90. The number of alkyl carbamates (subject to hydrolysis) is 1. The van der Waals surface area contributed by atoms with Crippen molar-refractivity contribution in [1.29, 1.82) is 0 Å². The molecule has 0 spiro atoms. The van der Waals surface area contributed by atoms with Crippen LogP contribution in [0.15, 0.2) is 121 Å². The van der Waals surface area contributed by atoms with E-state index in [9.17, 15) is 14.7 Å². The van der Waals surface area contributed by atoms with Crippen LogP contribution in [0, 0.1) is 0 Å². The van der Waals surface area contributed by atoms with Crippen LogP contribution in [0.2, 0.25) is 0 Å². The molecule has 0 radical (unpaired) electrons. The van der Waals surface area contributed by atoms with Crippen molar-refractivity contribution >= 4 is 12.1 Å². The molecule has 282 valence electrons. The van der Waals surface area contributed by atoms with Gasteiger partial charge in [0.25, 0.3) is 0 Å². The highest BCUT2D eigenvalue weighted by atomic mass is 16.6. The number of nitrogens with one attached hydrogen (secondary N) is 1. The van der Waals surface area contributed by atoms with Crippen LogP contribution in [0.4, 0.5) is 4.79 Å². The Hall–Kier alpha value is -4.58. The van der Waals surface area contributed by atoms with Crippen molar-refractivity contribution < 1.29 is 43.1 Å². The summed E-state index contributed by atoms with van der Waals surface area (Å²) in [6.45, 7) is 6.55. The molecule has 0 aliphatic carbocycles. The summed E-state index contributed by atoms with van der Waals surface area (Å²) in [5.74, 6) is -1.18. The van der Waals surface area contributed by atoms with Crippen LogP contribution in [-0.2, 0) is 59.6 Å². The van der Waals surface area contributed by atoms with Gasteiger partial charge in [-0.25, -0.2) is 9.59 Å². The van der Waals surface area contributed by atoms with E-state index in [0.29, 0.717) is 13.2 Å². The third-order valence-corrected chi connectivity index (χ3v) is 8.71. The lowest BCUT2D eigenvalue weighted by Crippen LogP contribution is -2.61. The predicted octanol–water partition coefficient (Wildman–Crippen LogP) is 7.48. The van der Waals surface area contributed by atoms with Crippen LogP contribution >= 0.6 is 0 Å². The second-order valence-corrected chi connectivity index (χ2v) is 14.1. The summed E-state index contributed by atoms with van der Waals surface area (Å²) in [5, 5.41) is 12.6. The third-order valence-electron chi connectivity index (χ3n) is 8.71. The highest BCUT2D eigenvalue weighted by Crippen LogP contribution is 2.33. The van der Waals surface area contributed by atoms with E-state index < -0.39 is 54.2 Å². The molecule has 1 amide bonds. The number of amides is 1. The number of carbonyl (C=O) groups excluding carboxylic acids is 1. The number of ether oxygens (including phenoxy) is 6. The van der Waals surface area contributed by atoms with Crippen molar-refractivity contribution in [2.24, 2.45) is 0 Å². The maximum absolute atomic E-state index is 12.6. The molecule has 4 aromatic carbocycles. The number of carboxylic acids is 1. The number of aliphatic carboxylic acids is 1. The normalized spacial score (nSPS) is 20.7. The minimum absolute atomic E-state index is 0.0446. The van der Waals surface area contributed by atoms with Crippen molar-refractivity contribution in [2.45, 2.75) is 102 Å². The Kier molecular flexibility index (Phi) is 15.0. The largest absolute Gasteiger partial charge is 0.480 e. The minimum atomic E-state index is -1.23. The first-order valence-corrected chi connectivity index (χ1v) is 18.1. The van der Waals surface area contributed by atoms with Crippen molar-refractivity contribution in [3.8, 4) is 0 Å². The molecule has 0 unspecified atom stereocenters. The average Bonchev–Trinajstić information content (AvgIpc) is 3.15. The molecule has 53 heavy (non-hydrogen) atoms. The van der Waals surface area contributed by atoms with Gasteiger partial charge in [0.05, 0.1) is 39.1 Å².